The Kier molecular flexibility index (Phi) is 3.61. The third-order valence-electron chi connectivity index (χ3n) is 3.09. The normalized spacial score (nSPS) is 21.6. The summed E-state index contributed by atoms with van der Waals surface area (Å²) in [6.07, 6.45) is -4.74. The molecule has 1 fully saturated rings. The number of piperazine rings is 1. The predicted molar refractivity (Wildman–Crippen MR) is 59.7 cm³/mol. The van der Waals surface area contributed by atoms with Gasteiger partial charge in [-0.25, -0.2) is 0 Å². The molecule has 1 heterocycles. The van der Waals surface area contributed by atoms with Gasteiger partial charge in [0.25, 0.3) is 0 Å². The first-order valence-corrected chi connectivity index (χ1v) is 5.68. The highest BCUT2D eigenvalue weighted by atomic mass is 19.4. The van der Waals surface area contributed by atoms with Crippen LogP contribution in [-0.4, -0.2) is 42.4 Å². The first-order chi connectivity index (χ1) is 8.46. The van der Waals surface area contributed by atoms with E-state index in [2.05, 4.69) is 11.4 Å². The first kappa shape index (κ1) is 13.3. The summed E-state index contributed by atoms with van der Waals surface area (Å²) in [7, 11) is 0. The standard InChI is InChI=1S/C12H14F3N2O/c13-12(14,15)11(18,10-4-2-1-3-5-10)17-8-6-16-7-9-17/h2-5,16,18H,6-9H2. The van der Waals surface area contributed by atoms with Crippen LogP contribution >= 0.6 is 0 Å². The Morgan fingerprint density at radius 1 is 1.17 bits per heavy atom. The second-order valence-electron chi connectivity index (χ2n) is 4.20. The molecule has 0 amide bonds. The number of aliphatic hydroxyl groups is 1. The van der Waals surface area contributed by atoms with E-state index in [0.29, 0.717) is 13.1 Å². The predicted octanol–water partition coefficient (Wildman–Crippen LogP) is 1.10. The lowest BCUT2D eigenvalue weighted by Crippen LogP contribution is -2.61. The Labute approximate surface area is 103 Å². The van der Waals surface area contributed by atoms with Gasteiger partial charge in [0, 0.05) is 31.7 Å². The topological polar surface area (TPSA) is 35.5 Å². The van der Waals surface area contributed by atoms with E-state index >= 15 is 0 Å². The molecular formula is C12H14F3N2O. The summed E-state index contributed by atoms with van der Waals surface area (Å²) in [5.41, 5.74) is -3.10. The van der Waals surface area contributed by atoms with Crippen molar-refractivity contribution in [1.29, 1.82) is 0 Å². The first-order valence-electron chi connectivity index (χ1n) is 5.68. The Balaban J connectivity index is 2.40. The molecule has 0 spiro atoms. The fourth-order valence-corrected chi connectivity index (χ4v) is 2.13. The van der Waals surface area contributed by atoms with Crippen molar-refractivity contribution in [2.24, 2.45) is 0 Å². The zero-order valence-corrected chi connectivity index (χ0v) is 9.67. The molecule has 1 aromatic carbocycles. The summed E-state index contributed by atoms with van der Waals surface area (Å²) < 4.78 is 39.8. The maximum atomic E-state index is 13.3. The van der Waals surface area contributed by atoms with Crippen molar-refractivity contribution in [2.45, 2.75) is 11.9 Å². The molecule has 0 aliphatic carbocycles. The second kappa shape index (κ2) is 4.87. The van der Waals surface area contributed by atoms with Gasteiger partial charge < -0.3 is 10.4 Å². The average Bonchev–Trinajstić information content (AvgIpc) is 2.38. The van der Waals surface area contributed by atoms with Gasteiger partial charge in [-0.15, -0.1) is 0 Å². The number of halogens is 3. The number of nitrogens with one attached hydrogen (secondary N) is 1. The summed E-state index contributed by atoms with van der Waals surface area (Å²) in [5.74, 6) is 0. The minimum absolute atomic E-state index is 0.147. The van der Waals surface area contributed by atoms with Crippen LogP contribution in [0.5, 0.6) is 0 Å². The van der Waals surface area contributed by atoms with Crippen LogP contribution in [0.15, 0.2) is 24.3 Å². The SMILES string of the molecule is OC(c1cc[c]cc1)(N1CCNCC1)C(F)(F)F. The monoisotopic (exact) mass is 259 g/mol. The van der Waals surface area contributed by atoms with E-state index in [4.69, 9.17) is 0 Å². The molecule has 3 nitrogen and oxygen atoms in total. The summed E-state index contributed by atoms with van der Waals surface area (Å²) in [5, 5.41) is 13.2. The van der Waals surface area contributed by atoms with E-state index < -0.39 is 11.9 Å². The van der Waals surface area contributed by atoms with E-state index in [0.717, 1.165) is 4.90 Å². The Morgan fingerprint density at radius 3 is 2.22 bits per heavy atom. The zero-order chi connectivity index (χ0) is 13.2. The number of nitrogens with zero attached hydrogens (tertiary/aromatic N) is 1. The number of benzene rings is 1. The molecule has 99 valence electrons. The highest BCUT2D eigenvalue weighted by Crippen LogP contribution is 2.41. The molecule has 1 atom stereocenters. The summed E-state index contributed by atoms with van der Waals surface area (Å²) in [6, 6.07) is 7.88. The molecule has 0 bridgehead atoms. The van der Waals surface area contributed by atoms with Crippen molar-refractivity contribution in [2.75, 3.05) is 26.2 Å². The molecule has 1 aromatic rings. The van der Waals surface area contributed by atoms with Crippen LogP contribution in [-0.2, 0) is 5.72 Å². The lowest BCUT2D eigenvalue weighted by atomic mass is 9.99. The van der Waals surface area contributed by atoms with Gasteiger partial charge in [-0.1, -0.05) is 24.3 Å². The van der Waals surface area contributed by atoms with E-state index in [1.54, 1.807) is 0 Å². The number of rotatable bonds is 2. The van der Waals surface area contributed by atoms with Gasteiger partial charge in [0.2, 0.25) is 5.72 Å². The minimum Gasteiger partial charge on any atom is -0.364 e. The molecule has 1 saturated heterocycles. The lowest BCUT2D eigenvalue weighted by Gasteiger charge is -2.42. The van der Waals surface area contributed by atoms with Gasteiger partial charge >= 0.3 is 6.18 Å². The molecule has 2 rings (SSSR count). The molecule has 1 aliphatic heterocycles. The minimum atomic E-state index is -4.74. The second-order valence-corrected chi connectivity index (χ2v) is 4.20. The maximum Gasteiger partial charge on any atom is 0.435 e. The van der Waals surface area contributed by atoms with Crippen molar-refractivity contribution in [1.82, 2.24) is 10.2 Å². The van der Waals surface area contributed by atoms with Gasteiger partial charge in [-0.2, -0.15) is 13.2 Å². The summed E-state index contributed by atoms with van der Waals surface area (Å²) in [4.78, 5) is 1.05. The van der Waals surface area contributed by atoms with E-state index in [1.807, 2.05) is 0 Å². The van der Waals surface area contributed by atoms with Gasteiger partial charge in [0.15, 0.2) is 0 Å². The number of hydrogen-bond donors (Lipinski definition) is 2. The van der Waals surface area contributed by atoms with E-state index in [9.17, 15) is 18.3 Å². The largest absolute Gasteiger partial charge is 0.435 e. The fourth-order valence-electron chi connectivity index (χ4n) is 2.13. The van der Waals surface area contributed by atoms with Crippen molar-refractivity contribution >= 4 is 0 Å². The quantitative estimate of drug-likeness (QED) is 0.835. The van der Waals surface area contributed by atoms with Crippen LogP contribution < -0.4 is 5.32 Å². The molecule has 2 N–H and O–H groups in total. The molecule has 0 aromatic heterocycles. The highest BCUT2D eigenvalue weighted by Gasteiger charge is 2.58. The number of alkyl halides is 3. The Morgan fingerprint density at radius 2 is 1.72 bits per heavy atom. The Hall–Kier alpha value is -1.11. The molecule has 1 unspecified atom stereocenters. The average molecular weight is 259 g/mol. The van der Waals surface area contributed by atoms with Crippen molar-refractivity contribution in [3.8, 4) is 0 Å². The smallest absolute Gasteiger partial charge is 0.364 e. The van der Waals surface area contributed by atoms with Crippen LogP contribution in [0.2, 0.25) is 0 Å². The van der Waals surface area contributed by atoms with Crippen LogP contribution in [0.3, 0.4) is 0 Å². The van der Waals surface area contributed by atoms with Crippen LogP contribution in [0.1, 0.15) is 5.56 Å². The third kappa shape index (κ3) is 2.23. The summed E-state index contributed by atoms with van der Waals surface area (Å²) >= 11 is 0. The van der Waals surface area contributed by atoms with Crippen molar-refractivity contribution in [3.63, 3.8) is 0 Å². The van der Waals surface area contributed by atoms with Gasteiger partial charge in [-0.3, -0.25) is 4.90 Å². The summed E-state index contributed by atoms with van der Waals surface area (Å²) in [6.45, 7) is 1.15. The third-order valence-corrected chi connectivity index (χ3v) is 3.09. The van der Waals surface area contributed by atoms with Gasteiger partial charge in [0.05, 0.1) is 0 Å². The molecular weight excluding hydrogens is 245 g/mol. The van der Waals surface area contributed by atoms with Crippen LogP contribution in [0.4, 0.5) is 13.2 Å². The van der Waals surface area contributed by atoms with E-state index in [-0.39, 0.29) is 18.7 Å². The molecule has 0 saturated carbocycles. The van der Waals surface area contributed by atoms with Gasteiger partial charge in [-0.05, 0) is 6.07 Å². The van der Waals surface area contributed by atoms with Crippen LogP contribution in [0, 0.1) is 6.07 Å². The molecule has 1 aliphatic rings. The van der Waals surface area contributed by atoms with Crippen LogP contribution in [0.25, 0.3) is 0 Å². The fraction of sp³-hybridized carbons (Fsp3) is 0.500. The van der Waals surface area contributed by atoms with E-state index in [1.165, 1.54) is 24.3 Å². The Bertz CT molecular complexity index is 390. The lowest BCUT2D eigenvalue weighted by molar-refractivity contribution is -0.326. The number of hydrogen-bond acceptors (Lipinski definition) is 3. The molecule has 1 radical (unpaired) electrons. The maximum absolute atomic E-state index is 13.3. The molecule has 18 heavy (non-hydrogen) atoms. The zero-order valence-electron chi connectivity index (χ0n) is 9.67. The van der Waals surface area contributed by atoms with Gasteiger partial charge in [0.1, 0.15) is 0 Å². The molecule has 6 heteroatoms. The van der Waals surface area contributed by atoms with Crippen molar-refractivity contribution in [3.05, 3.63) is 35.9 Å². The van der Waals surface area contributed by atoms with Crippen molar-refractivity contribution < 1.29 is 18.3 Å². The highest BCUT2D eigenvalue weighted by molar-refractivity contribution is 5.23.